The molecule has 0 aromatic rings. The third-order valence-electron chi connectivity index (χ3n) is 1.98. The molecule has 18 heavy (non-hydrogen) atoms. The van der Waals surface area contributed by atoms with Gasteiger partial charge in [-0.05, 0) is 20.8 Å². The Morgan fingerprint density at radius 1 is 1.17 bits per heavy atom. The van der Waals surface area contributed by atoms with Gasteiger partial charge in [0.05, 0.1) is 51.3 Å². The molecular weight excluding hydrogens is 238 g/mol. The smallest absolute Gasteiger partial charge is 0.207 e. The number of rotatable bonds is 11. The average molecular weight is 263 g/mol. The summed E-state index contributed by atoms with van der Waals surface area (Å²) < 4.78 is 16.0. The van der Waals surface area contributed by atoms with E-state index in [-0.39, 0.29) is 24.9 Å². The van der Waals surface area contributed by atoms with Crippen LogP contribution in [0.2, 0.25) is 0 Å². The van der Waals surface area contributed by atoms with Crippen molar-refractivity contribution in [1.82, 2.24) is 5.32 Å². The molecule has 0 rings (SSSR count). The third kappa shape index (κ3) is 11.8. The van der Waals surface area contributed by atoms with Gasteiger partial charge in [0, 0.05) is 0 Å². The van der Waals surface area contributed by atoms with Crippen molar-refractivity contribution in [2.24, 2.45) is 0 Å². The van der Waals surface area contributed by atoms with Gasteiger partial charge in [0.1, 0.15) is 0 Å². The molecular formula is C12H25NO5. The molecule has 1 atom stereocenters. The Balaban J connectivity index is 3.27. The van der Waals surface area contributed by atoms with Crippen LogP contribution in [0.25, 0.3) is 0 Å². The van der Waals surface area contributed by atoms with Gasteiger partial charge in [-0.15, -0.1) is 0 Å². The maximum absolute atomic E-state index is 10.1. The number of aliphatic hydroxyl groups excluding tert-OH is 1. The molecule has 6 nitrogen and oxygen atoms in total. The summed E-state index contributed by atoms with van der Waals surface area (Å²) in [6.45, 7) is 8.07. The minimum atomic E-state index is -0.355. The maximum atomic E-state index is 10.1. The van der Waals surface area contributed by atoms with Crippen LogP contribution < -0.4 is 5.32 Å². The summed E-state index contributed by atoms with van der Waals surface area (Å²) in [4.78, 5) is 10.1. The monoisotopic (exact) mass is 263 g/mol. The van der Waals surface area contributed by atoms with E-state index in [1.165, 1.54) is 0 Å². The van der Waals surface area contributed by atoms with Gasteiger partial charge in [-0.1, -0.05) is 0 Å². The van der Waals surface area contributed by atoms with E-state index >= 15 is 0 Å². The number of ether oxygens (including phenoxy) is 3. The van der Waals surface area contributed by atoms with Crippen LogP contribution in [0.4, 0.5) is 0 Å². The third-order valence-corrected chi connectivity index (χ3v) is 1.98. The molecule has 1 amide bonds. The maximum Gasteiger partial charge on any atom is 0.207 e. The molecule has 0 bridgehead atoms. The summed E-state index contributed by atoms with van der Waals surface area (Å²) in [5.41, 5.74) is -0.144. The number of carbonyl (C=O) groups excluding carboxylic acids is 1. The van der Waals surface area contributed by atoms with Crippen molar-refractivity contribution in [3.05, 3.63) is 0 Å². The Morgan fingerprint density at radius 3 is 2.33 bits per heavy atom. The topological polar surface area (TPSA) is 77.0 Å². The highest BCUT2D eigenvalue weighted by Gasteiger charge is 2.09. The van der Waals surface area contributed by atoms with E-state index in [9.17, 15) is 4.79 Å². The SMILES string of the molecule is CC(C)(C)OCCOCCOCC(CO)NC=O. The second-order valence-corrected chi connectivity index (χ2v) is 4.81. The van der Waals surface area contributed by atoms with E-state index in [0.717, 1.165) is 0 Å². The first-order chi connectivity index (χ1) is 8.49. The Kier molecular flexibility index (Phi) is 9.86. The zero-order chi connectivity index (χ0) is 13.9. The molecule has 0 spiro atoms. The van der Waals surface area contributed by atoms with Gasteiger partial charge in [0.2, 0.25) is 6.41 Å². The highest BCUT2D eigenvalue weighted by Crippen LogP contribution is 2.05. The van der Waals surface area contributed by atoms with Crippen LogP contribution in [0.1, 0.15) is 20.8 Å². The van der Waals surface area contributed by atoms with Crippen LogP contribution in [0.3, 0.4) is 0 Å². The van der Waals surface area contributed by atoms with Crippen molar-refractivity contribution < 1.29 is 24.1 Å². The van der Waals surface area contributed by atoms with Gasteiger partial charge in [0.25, 0.3) is 0 Å². The van der Waals surface area contributed by atoms with Gasteiger partial charge in [0.15, 0.2) is 0 Å². The lowest BCUT2D eigenvalue weighted by Gasteiger charge is -2.19. The molecule has 0 saturated carbocycles. The van der Waals surface area contributed by atoms with Crippen LogP contribution >= 0.6 is 0 Å². The summed E-state index contributed by atoms with van der Waals surface area (Å²) in [5, 5.41) is 11.3. The molecule has 0 radical (unpaired) electrons. The summed E-state index contributed by atoms with van der Waals surface area (Å²) in [6.07, 6.45) is 0.546. The quantitative estimate of drug-likeness (QED) is 0.403. The predicted octanol–water partition coefficient (Wildman–Crippen LogP) is -0.0584. The minimum Gasteiger partial charge on any atom is -0.394 e. The van der Waals surface area contributed by atoms with Gasteiger partial charge in [-0.25, -0.2) is 0 Å². The number of nitrogens with one attached hydrogen (secondary N) is 1. The molecule has 2 N–H and O–H groups in total. The first-order valence-electron chi connectivity index (χ1n) is 6.09. The first kappa shape index (κ1) is 17.3. The highest BCUT2D eigenvalue weighted by atomic mass is 16.5. The van der Waals surface area contributed by atoms with Crippen molar-refractivity contribution in [2.45, 2.75) is 32.4 Å². The van der Waals surface area contributed by atoms with Crippen molar-refractivity contribution in [1.29, 1.82) is 0 Å². The van der Waals surface area contributed by atoms with Gasteiger partial charge < -0.3 is 24.6 Å². The van der Waals surface area contributed by atoms with Crippen molar-refractivity contribution in [2.75, 3.05) is 39.6 Å². The molecule has 0 heterocycles. The molecule has 0 aromatic heterocycles. The first-order valence-corrected chi connectivity index (χ1v) is 6.09. The molecule has 0 aliphatic heterocycles. The van der Waals surface area contributed by atoms with Crippen LogP contribution in [0.5, 0.6) is 0 Å². The predicted molar refractivity (Wildman–Crippen MR) is 67.4 cm³/mol. The molecule has 6 heteroatoms. The largest absolute Gasteiger partial charge is 0.394 e. The van der Waals surface area contributed by atoms with Gasteiger partial charge in [-0.3, -0.25) is 4.79 Å². The zero-order valence-electron chi connectivity index (χ0n) is 11.5. The number of aliphatic hydroxyl groups is 1. The van der Waals surface area contributed by atoms with E-state index < -0.39 is 0 Å². The second-order valence-electron chi connectivity index (χ2n) is 4.81. The fourth-order valence-electron chi connectivity index (χ4n) is 1.10. The number of hydrogen-bond donors (Lipinski definition) is 2. The fourth-order valence-corrected chi connectivity index (χ4v) is 1.10. The van der Waals surface area contributed by atoms with Crippen LogP contribution in [-0.4, -0.2) is 62.8 Å². The zero-order valence-corrected chi connectivity index (χ0v) is 11.5. The van der Waals surface area contributed by atoms with Crippen molar-refractivity contribution in [3.8, 4) is 0 Å². The molecule has 0 aliphatic rings. The lowest BCUT2D eigenvalue weighted by molar-refractivity contribution is -0.111. The lowest BCUT2D eigenvalue weighted by atomic mass is 10.2. The molecule has 0 aromatic carbocycles. The second kappa shape index (κ2) is 10.3. The molecule has 0 fully saturated rings. The number of carbonyl (C=O) groups is 1. The standard InChI is InChI=1S/C12H25NO5/c1-12(2,3)18-7-6-16-4-5-17-9-11(8-14)13-10-15/h10-11,14H,4-9H2,1-3H3,(H,13,15). The minimum absolute atomic E-state index is 0.140. The summed E-state index contributed by atoms with van der Waals surface area (Å²) >= 11 is 0. The van der Waals surface area contributed by atoms with E-state index in [0.29, 0.717) is 32.8 Å². The Bertz CT molecular complexity index is 205. The highest BCUT2D eigenvalue weighted by molar-refractivity contribution is 5.46. The van der Waals surface area contributed by atoms with Crippen LogP contribution in [0, 0.1) is 0 Å². The Morgan fingerprint density at radius 2 is 1.78 bits per heavy atom. The van der Waals surface area contributed by atoms with Crippen molar-refractivity contribution >= 4 is 6.41 Å². The van der Waals surface area contributed by atoms with E-state index in [4.69, 9.17) is 19.3 Å². The summed E-state index contributed by atoms with van der Waals surface area (Å²) in [5.74, 6) is 0. The van der Waals surface area contributed by atoms with Crippen molar-refractivity contribution in [3.63, 3.8) is 0 Å². The van der Waals surface area contributed by atoms with Gasteiger partial charge in [-0.2, -0.15) is 0 Å². The summed E-state index contributed by atoms with van der Waals surface area (Å²) in [6, 6.07) is -0.355. The van der Waals surface area contributed by atoms with E-state index in [2.05, 4.69) is 5.32 Å². The average Bonchev–Trinajstić information content (AvgIpc) is 2.29. The van der Waals surface area contributed by atoms with E-state index in [1.807, 2.05) is 20.8 Å². The number of amides is 1. The van der Waals surface area contributed by atoms with E-state index in [1.54, 1.807) is 0 Å². The number of hydrogen-bond acceptors (Lipinski definition) is 5. The van der Waals surface area contributed by atoms with Gasteiger partial charge >= 0.3 is 0 Å². The van der Waals surface area contributed by atoms with Crippen LogP contribution in [0.15, 0.2) is 0 Å². The normalized spacial score (nSPS) is 13.3. The summed E-state index contributed by atoms with van der Waals surface area (Å²) in [7, 11) is 0. The molecule has 108 valence electrons. The molecule has 0 aliphatic carbocycles. The fraction of sp³-hybridized carbons (Fsp3) is 0.917. The molecule has 1 unspecified atom stereocenters. The Hall–Kier alpha value is -0.690. The Labute approximate surface area is 109 Å². The van der Waals surface area contributed by atoms with Crippen LogP contribution in [-0.2, 0) is 19.0 Å². The lowest BCUT2D eigenvalue weighted by Crippen LogP contribution is -2.36. The molecule has 0 saturated heterocycles.